The average Bonchev–Trinajstić information content (AvgIpc) is 2.27. The summed E-state index contributed by atoms with van der Waals surface area (Å²) in [5.74, 6) is -1.35. The van der Waals surface area contributed by atoms with Gasteiger partial charge in [-0.15, -0.1) is 0 Å². The van der Waals surface area contributed by atoms with Crippen molar-refractivity contribution in [2.24, 2.45) is 5.16 Å². The second-order valence-electron chi connectivity index (χ2n) is 2.24. The molecule has 0 aliphatic carbocycles. The molecule has 0 spiro atoms. The Morgan fingerprint density at radius 1 is 1.46 bits per heavy atom. The zero-order chi connectivity index (χ0) is 10.3. The number of hydrogen-bond donors (Lipinski definition) is 4. The Morgan fingerprint density at radius 3 is 2.31 bits per heavy atom. The molecule has 0 aromatic heterocycles. The third kappa shape index (κ3) is 1.21. The molecule has 0 bridgehead atoms. The van der Waals surface area contributed by atoms with Crippen LogP contribution in [0, 0.1) is 0 Å². The first-order chi connectivity index (χ1) is 5.83. The highest BCUT2D eigenvalue weighted by Gasteiger charge is 2.64. The quantitative estimate of drug-likeness (QED) is 0.288. The van der Waals surface area contributed by atoms with E-state index >= 15 is 0 Å². The number of rotatable bonds is 0. The van der Waals surface area contributed by atoms with Crippen LogP contribution < -0.4 is 10.9 Å². The predicted octanol–water partition coefficient (Wildman–Crippen LogP) is -1.30. The van der Waals surface area contributed by atoms with Crippen LogP contribution >= 0.6 is 0 Å². The summed E-state index contributed by atoms with van der Waals surface area (Å²) in [7, 11) is 0. The minimum atomic E-state index is -5.16. The maximum absolute atomic E-state index is 12.1. The van der Waals surface area contributed by atoms with Crippen molar-refractivity contribution in [1.82, 2.24) is 10.9 Å². The van der Waals surface area contributed by atoms with Gasteiger partial charge < -0.3 is 10.3 Å². The summed E-state index contributed by atoms with van der Waals surface area (Å²) in [4.78, 5) is 10.5. The molecule has 0 saturated carbocycles. The van der Waals surface area contributed by atoms with Gasteiger partial charge in [-0.1, -0.05) is 5.16 Å². The van der Waals surface area contributed by atoms with Gasteiger partial charge in [0, 0.05) is 0 Å². The van der Waals surface area contributed by atoms with E-state index in [1.165, 1.54) is 10.9 Å². The van der Waals surface area contributed by atoms with E-state index in [0.717, 1.165) is 0 Å². The van der Waals surface area contributed by atoms with Crippen LogP contribution in [-0.2, 0) is 4.79 Å². The summed E-state index contributed by atoms with van der Waals surface area (Å²) in [6, 6.07) is 0. The number of hydrogen-bond acceptors (Lipinski definition) is 5. The van der Waals surface area contributed by atoms with Crippen molar-refractivity contribution in [1.29, 1.82) is 0 Å². The Hall–Kier alpha value is -1.35. The molecule has 0 aromatic rings. The number of hydrazine groups is 1. The Labute approximate surface area is 69.0 Å². The minimum Gasteiger partial charge on any atom is -0.410 e. The largest absolute Gasteiger partial charge is 0.439 e. The van der Waals surface area contributed by atoms with Crippen LogP contribution in [0.15, 0.2) is 5.16 Å². The van der Waals surface area contributed by atoms with E-state index in [2.05, 4.69) is 5.16 Å². The Balaban J connectivity index is 3.13. The molecule has 1 aliphatic rings. The monoisotopic (exact) mass is 199 g/mol. The van der Waals surface area contributed by atoms with E-state index in [4.69, 9.17) is 10.3 Å². The molecule has 0 radical (unpaired) electrons. The molecule has 1 heterocycles. The lowest BCUT2D eigenvalue weighted by Gasteiger charge is -2.23. The Morgan fingerprint density at radius 2 is 2.00 bits per heavy atom. The zero-order valence-corrected chi connectivity index (χ0v) is 5.88. The fourth-order valence-corrected chi connectivity index (χ4v) is 0.753. The first-order valence-electron chi connectivity index (χ1n) is 2.92. The van der Waals surface area contributed by atoms with Crippen molar-refractivity contribution < 1.29 is 28.3 Å². The van der Waals surface area contributed by atoms with Crippen molar-refractivity contribution in [3.05, 3.63) is 0 Å². The number of carbonyl (C=O) groups is 1. The number of nitrogens with zero attached hydrogens (tertiary/aromatic N) is 1. The Kier molecular flexibility index (Phi) is 1.92. The molecule has 1 atom stereocenters. The number of nitrogens with one attached hydrogen (secondary N) is 2. The highest BCUT2D eigenvalue weighted by molar-refractivity contribution is 6.43. The maximum Gasteiger partial charge on any atom is 0.439 e. The van der Waals surface area contributed by atoms with Gasteiger partial charge in [-0.25, -0.2) is 0 Å². The predicted molar refractivity (Wildman–Crippen MR) is 31.5 cm³/mol. The first-order valence-corrected chi connectivity index (χ1v) is 2.92. The van der Waals surface area contributed by atoms with Crippen molar-refractivity contribution >= 4 is 11.6 Å². The second kappa shape index (κ2) is 2.57. The van der Waals surface area contributed by atoms with Gasteiger partial charge in [0.15, 0.2) is 0 Å². The van der Waals surface area contributed by atoms with Crippen LogP contribution in [0.2, 0.25) is 0 Å². The molecule has 74 valence electrons. The van der Waals surface area contributed by atoms with Gasteiger partial charge in [0.25, 0.3) is 11.6 Å². The molecular weight excluding hydrogens is 195 g/mol. The van der Waals surface area contributed by atoms with Gasteiger partial charge >= 0.3 is 6.18 Å². The van der Waals surface area contributed by atoms with E-state index < -0.39 is 23.5 Å². The van der Waals surface area contributed by atoms with Gasteiger partial charge in [0.2, 0.25) is 5.71 Å². The number of halogens is 3. The van der Waals surface area contributed by atoms with Gasteiger partial charge in [0.1, 0.15) is 0 Å². The SMILES string of the molecule is O=C1NNC(O)(C(F)(F)F)C1=NO. The number of carbonyl (C=O) groups excluding carboxylic acids is 1. The zero-order valence-electron chi connectivity index (χ0n) is 5.88. The molecule has 1 saturated heterocycles. The summed E-state index contributed by atoms with van der Waals surface area (Å²) >= 11 is 0. The molecule has 1 rings (SSSR count). The molecule has 1 fully saturated rings. The third-order valence-corrected chi connectivity index (χ3v) is 1.42. The summed E-state index contributed by atoms with van der Waals surface area (Å²) in [6.07, 6.45) is -5.16. The fraction of sp³-hybridized carbons (Fsp3) is 0.500. The number of amides is 1. The van der Waals surface area contributed by atoms with Crippen molar-refractivity contribution in [3.63, 3.8) is 0 Å². The highest BCUT2D eigenvalue weighted by atomic mass is 19.4. The molecule has 1 amide bonds. The normalized spacial score (nSPS) is 32.3. The van der Waals surface area contributed by atoms with Crippen molar-refractivity contribution in [2.75, 3.05) is 0 Å². The molecule has 1 unspecified atom stereocenters. The fourth-order valence-electron chi connectivity index (χ4n) is 0.753. The van der Waals surface area contributed by atoms with Crippen LogP contribution in [0.4, 0.5) is 13.2 Å². The lowest BCUT2D eigenvalue weighted by molar-refractivity contribution is -0.241. The molecule has 4 N–H and O–H groups in total. The van der Waals surface area contributed by atoms with Crippen LogP contribution in [0.3, 0.4) is 0 Å². The number of oxime groups is 1. The van der Waals surface area contributed by atoms with E-state index in [0.29, 0.717) is 0 Å². The summed E-state index contributed by atoms with van der Waals surface area (Å²) in [5, 5.41) is 19.0. The Bertz CT molecular complexity index is 276. The van der Waals surface area contributed by atoms with Gasteiger partial charge in [0.05, 0.1) is 0 Å². The van der Waals surface area contributed by atoms with Gasteiger partial charge in [-0.05, 0) is 0 Å². The topological polar surface area (TPSA) is 94.0 Å². The van der Waals surface area contributed by atoms with Gasteiger partial charge in [-0.2, -0.15) is 18.6 Å². The van der Waals surface area contributed by atoms with Crippen LogP contribution in [0.25, 0.3) is 0 Å². The second-order valence-corrected chi connectivity index (χ2v) is 2.24. The summed E-state index contributed by atoms with van der Waals surface area (Å²) in [6.45, 7) is 0. The smallest absolute Gasteiger partial charge is 0.410 e. The number of aliphatic hydroxyl groups is 1. The van der Waals surface area contributed by atoms with E-state index in [-0.39, 0.29) is 0 Å². The minimum absolute atomic E-state index is 1.26. The molecule has 0 aromatic carbocycles. The summed E-state index contributed by atoms with van der Waals surface area (Å²) in [5.41, 5.74) is -2.35. The van der Waals surface area contributed by atoms with Gasteiger partial charge in [-0.3, -0.25) is 10.2 Å². The molecule has 9 heteroatoms. The number of alkyl halides is 3. The molecule has 6 nitrogen and oxygen atoms in total. The van der Waals surface area contributed by atoms with E-state index in [1.807, 2.05) is 0 Å². The van der Waals surface area contributed by atoms with E-state index in [9.17, 15) is 18.0 Å². The summed E-state index contributed by atoms with van der Waals surface area (Å²) < 4.78 is 36.2. The molecular formula is C4H4F3N3O3. The van der Waals surface area contributed by atoms with Crippen LogP contribution in [0.1, 0.15) is 0 Å². The lowest BCUT2D eigenvalue weighted by atomic mass is 10.1. The lowest BCUT2D eigenvalue weighted by Crippen LogP contribution is -2.59. The van der Waals surface area contributed by atoms with Crippen LogP contribution in [-0.4, -0.2) is 33.8 Å². The third-order valence-electron chi connectivity index (χ3n) is 1.42. The average molecular weight is 199 g/mol. The first kappa shape index (κ1) is 9.74. The van der Waals surface area contributed by atoms with Crippen molar-refractivity contribution in [2.45, 2.75) is 11.9 Å². The standard InChI is InChI=1S/C4H4F3N3O3/c5-4(6,7)3(12)1(9-13)2(11)8-10-3/h10,12-13H,(H,8,11). The maximum atomic E-state index is 12.1. The highest BCUT2D eigenvalue weighted by Crippen LogP contribution is 2.30. The van der Waals surface area contributed by atoms with E-state index in [1.54, 1.807) is 0 Å². The van der Waals surface area contributed by atoms with Crippen LogP contribution in [0.5, 0.6) is 0 Å². The molecule has 1 aliphatic heterocycles. The molecule has 13 heavy (non-hydrogen) atoms. The van der Waals surface area contributed by atoms with Crippen molar-refractivity contribution in [3.8, 4) is 0 Å².